The van der Waals surface area contributed by atoms with Crippen LogP contribution in [0.3, 0.4) is 0 Å². The summed E-state index contributed by atoms with van der Waals surface area (Å²) >= 11 is 3.16. The minimum Gasteiger partial charge on any atom is -0.371 e. The van der Waals surface area contributed by atoms with Crippen LogP contribution in [0.15, 0.2) is 24.5 Å². The zero-order chi connectivity index (χ0) is 18.1. The van der Waals surface area contributed by atoms with E-state index in [0.717, 1.165) is 40.4 Å². The van der Waals surface area contributed by atoms with Gasteiger partial charge in [-0.3, -0.25) is 9.69 Å². The third kappa shape index (κ3) is 3.37. The molecule has 1 fully saturated rings. The van der Waals surface area contributed by atoms with Crippen molar-refractivity contribution in [1.29, 1.82) is 0 Å². The molecule has 3 aromatic rings. The minimum absolute atomic E-state index is 0.0817. The van der Waals surface area contributed by atoms with Gasteiger partial charge in [-0.1, -0.05) is 6.07 Å². The number of nitrogens with zero attached hydrogens (tertiary/aromatic N) is 3. The number of pyridine rings is 1. The first-order valence-corrected chi connectivity index (χ1v) is 10.1. The van der Waals surface area contributed by atoms with Crippen LogP contribution >= 0.6 is 22.7 Å². The quantitative estimate of drug-likeness (QED) is 0.744. The molecule has 0 aromatic carbocycles. The van der Waals surface area contributed by atoms with Crippen LogP contribution in [0.1, 0.15) is 31.2 Å². The Balaban J connectivity index is 1.64. The Hall–Kier alpha value is -1.87. The molecule has 1 saturated heterocycles. The predicted molar refractivity (Wildman–Crippen MR) is 104 cm³/mol. The predicted octanol–water partition coefficient (Wildman–Crippen LogP) is 2.99. The molecule has 0 spiro atoms. The van der Waals surface area contributed by atoms with Crippen molar-refractivity contribution in [3.8, 4) is 0 Å². The van der Waals surface area contributed by atoms with Gasteiger partial charge in [0.15, 0.2) is 0 Å². The summed E-state index contributed by atoms with van der Waals surface area (Å²) in [7, 11) is 1.66. The van der Waals surface area contributed by atoms with Gasteiger partial charge in [0.1, 0.15) is 9.71 Å². The summed E-state index contributed by atoms with van der Waals surface area (Å²) in [6, 6.07) is 3.93. The first-order valence-electron chi connectivity index (χ1n) is 8.50. The van der Waals surface area contributed by atoms with Gasteiger partial charge in [-0.05, 0) is 13.0 Å². The Morgan fingerprint density at radius 3 is 3.08 bits per heavy atom. The van der Waals surface area contributed by atoms with Gasteiger partial charge in [0.25, 0.3) is 5.91 Å². The van der Waals surface area contributed by atoms with Crippen LogP contribution in [0.4, 0.5) is 0 Å². The standard InChI is InChI=1S/C18H20N4O2S2/c1-11-21-8-12(25-11)9-22-6-7-24-14(10-22)15-13-4-3-5-20-18(13)26-16(15)17(23)19-2/h3-5,8,14H,6-7,9-10H2,1-2H3,(H,19,23). The van der Waals surface area contributed by atoms with Crippen molar-refractivity contribution in [2.24, 2.45) is 0 Å². The van der Waals surface area contributed by atoms with Gasteiger partial charge < -0.3 is 10.1 Å². The molecule has 0 radical (unpaired) electrons. The first-order chi connectivity index (χ1) is 12.7. The van der Waals surface area contributed by atoms with Gasteiger partial charge in [-0.2, -0.15) is 0 Å². The second-order valence-corrected chi connectivity index (χ2v) is 8.54. The SMILES string of the molecule is CNC(=O)c1sc2ncccc2c1C1CN(Cc2cnc(C)s2)CCO1. The van der Waals surface area contributed by atoms with Gasteiger partial charge in [0, 0.05) is 54.9 Å². The normalized spacial score (nSPS) is 18.3. The number of aromatic nitrogens is 2. The Morgan fingerprint density at radius 1 is 1.42 bits per heavy atom. The van der Waals surface area contributed by atoms with Gasteiger partial charge in [-0.25, -0.2) is 9.97 Å². The maximum absolute atomic E-state index is 12.4. The number of thiazole rings is 1. The Kier molecular flexibility index (Phi) is 4.99. The van der Waals surface area contributed by atoms with Gasteiger partial charge >= 0.3 is 0 Å². The van der Waals surface area contributed by atoms with Crippen LogP contribution in [-0.2, 0) is 11.3 Å². The fourth-order valence-corrected chi connectivity index (χ4v) is 5.25. The number of hydrogen-bond donors (Lipinski definition) is 1. The maximum Gasteiger partial charge on any atom is 0.261 e. The first kappa shape index (κ1) is 17.5. The zero-order valence-corrected chi connectivity index (χ0v) is 16.3. The number of thiophene rings is 1. The number of morpholine rings is 1. The highest BCUT2D eigenvalue weighted by atomic mass is 32.1. The van der Waals surface area contributed by atoms with Crippen molar-refractivity contribution < 1.29 is 9.53 Å². The van der Waals surface area contributed by atoms with Crippen molar-refractivity contribution in [2.45, 2.75) is 19.6 Å². The molecule has 6 nitrogen and oxygen atoms in total. The van der Waals surface area contributed by atoms with E-state index in [2.05, 4.69) is 20.2 Å². The van der Waals surface area contributed by atoms with Crippen LogP contribution in [0.25, 0.3) is 10.2 Å². The van der Waals surface area contributed by atoms with Crippen LogP contribution < -0.4 is 5.32 Å². The van der Waals surface area contributed by atoms with Crippen LogP contribution in [0.5, 0.6) is 0 Å². The molecule has 0 saturated carbocycles. The number of fused-ring (bicyclic) bond motifs is 1. The lowest BCUT2D eigenvalue weighted by molar-refractivity contribution is -0.0320. The second-order valence-electron chi connectivity index (χ2n) is 6.22. The molecule has 1 N–H and O–H groups in total. The van der Waals surface area contributed by atoms with Gasteiger partial charge in [-0.15, -0.1) is 22.7 Å². The van der Waals surface area contributed by atoms with Crippen LogP contribution in [-0.4, -0.2) is 47.5 Å². The Labute approximate surface area is 159 Å². The monoisotopic (exact) mass is 388 g/mol. The van der Waals surface area contributed by atoms with E-state index in [9.17, 15) is 4.79 Å². The van der Waals surface area contributed by atoms with Crippen molar-refractivity contribution in [3.05, 3.63) is 44.9 Å². The molecule has 1 unspecified atom stereocenters. The van der Waals surface area contributed by atoms with Gasteiger partial charge in [0.05, 0.1) is 17.7 Å². The fraction of sp³-hybridized carbons (Fsp3) is 0.389. The van der Waals surface area contributed by atoms with Crippen molar-refractivity contribution in [2.75, 3.05) is 26.7 Å². The van der Waals surface area contributed by atoms with Crippen molar-refractivity contribution in [1.82, 2.24) is 20.2 Å². The highest BCUT2D eigenvalue weighted by Gasteiger charge is 2.30. The largest absolute Gasteiger partial charge is 0.371 e. The average Bonchev–Trinajstić information content (AvgIpc) is 3.24. The Morgan fingerprint density at radius 2 is 2.31 bits per heavy atom. The number of nitrogens with one attached hydrogen (secondary N) is 1. The molecule has 8 heteroatoms. The molecule has 0 bridgehead atoms. The molecule has 1 aliphatic rings. The highest BCUT2D eigenvalue weighted by Crippen LogP contribution is 2.37. The zero-order valence-electron chi connectivity index (χ0n) is 14.7. The number of hydrogen-bond acceptors (Lipinski definition) is 7. The molecule has 4 heterocycles. The summed E-state index contributed by atoms with van der Waals surface area (Å²) in [6.07, 6.45) is 3.57. The molecule has 26 heavy (non-hydrogen) atoms. The lowest BCUT2D eigenvalue weighted by Gasteiger charge is -2.33. The second kappa shape index (κ2) is 7.40. The molecule has 1 amide bonds. The summed E-state index contributed by atoms with van der Waals surface area (Å²) in [4.78, 5) is 26.4. The average molecular weight is 389 g/mol. The van der Waals surface area contributed by atoms with E-state index in [1.54, 1.807) is 24.6 Å². The smallest absolute Gasteiger partial charge is 0.261 e. The fourth-order valence-electron chi connectivity index (χ4n) is 3.27. The van der Waals surface area contributed by atoms with E-state index >= 15 is 0 Å². The van der Waals surface area contributed by atoms with Crippen molar-refractivity contribution in [3.63, 3.8) is 0 Å². The van der Waals surface area contributed by atoms with Crippen molar-refractivity contribution >= 4 is 38.8 Å². The molecule has 4 rings (SSSR count). The summed E-state index contributed by atoms with van der Waals surface area (Å²) in [5.41, 5.74) is 0.961. The molecule has 1 atom stereocenters. The van der Waals surface area contributed by atoms with E-state index in [1.165, 1.54) is 16.2 Å². The van der Waals surface area contributed by atoms with E-state index in [4.69, 9.17) is 4.74 Å². The molecule has 136 valence electrons. The molecule has 0 aliphatic carbocycles. The molecule has 1 aliphatic heterocycles. The van der Waals surface area contributed by atoms with E-state index < -0.39 is 0 Å². The minimum atomic E-state index is -0.136. The topological polar surface area (TPSA) is 67.4 Å². The number of carbonyl (C=O) groups excluding carboxylic acids is 1. The van der Waals surface area contributed by atoms with Gasteiger partial charge in [0.2, 0.25) is 0 Å². The number of amides is 1. The number of ether oxygens (including phenoxy) is 1. The summed E-state index contributed by atoms with van der Waals surface area (Å²) in [5.74, 6) is -0.0817. The lowest BCUT2D eigenvalue weighted by atomic mass is 10.0. The third-order valence-electron chi connectivity index (χ3n) is 4.46. The number of aryl methyl sites for hydroxylation is 1. The van der Waals surface area contributed by atoms with Crippen LogP contribution in [0, 0.1) is 6.92 Å². The highest BCUT2D eigenvalue weighted by molar-refractivity contribution is 7.20. The Bertz CT molecular complexity index is 936. The summed E-state index contributed by atoms with van der Waals surface area (Å²) in [5, 5.41) is 4.84. The molecular weight excluding hydrogens is 368 g/mol. The van der Waals surface area contributed by atoms with Crippen LogP contribution in [0.2, 0.25) is 0 Å². The number of carbonyl (C=O) groups is 1. The lowest BCUT2D eigenvalue weighted by Crippen LogP contribution is -2.38. The molecular formula is C18H20N4O2S2. The maximum atomic E-state index is 12.4. The summed E-state index contributed by atoms with van der Waals surface area (Å²) in [6.45, 7) is 5.16. The van der Waals surface area contributed by atoms with E-state index in [1.807, 2.05) is 25.3 Å². The van der Waals surface area contributed by atoms with E-state index in [0.29, 0.717) is 11.5 Å². The molecule has 3 aromatic heterocycles. The summed E-state index contributed by atoms with van der Waals surface area (Å²) < 4.78 is 6.08. The van der Waals surface area contributed by atoms with E-state index in [-0.39, 0.29) is 12.0 Å². The third-order valence-corrected chi connectivity index (χ3v) is 6.48. The number of rotatable bonds is 4.